The molecule has 1 spiro atoms. The number of amides is 1. The molecule has 0 unspecified atom stereocenters. The number of benzene rings is 2. The summed E-state index contributed by atoms with van der Waals surface area (Å²) in [7, 11) is -2.08. The number of likely N-dealkylation sites (tertiary alicyclic amines) is 1. The van der Waals surface area contributed by atoms with Gasteiger partial charge in [-0.05, 0) is 61.2 Å². The van der Waals surface area contributed by atoms with Gasteiger partial charge in [-0.3, -0.25) is 4.79 Å². The molecule has 0 aromatic heterocycles. The Morgan fingerprint density at radius 2 is 1.77 bits per heavy atom. The van der Waals surface area contributed by atoms with Crippen LogP contribution in [0.1, 0.15) is 24.0 Å². The van der Waals surface area contributed by atoms with Crippen LogP contribution in [0, 0.1) is 18.2 Å². The van der Waals surface area contributed by atoms with Crippen LogP contribution in [0.5, 0.6) is 5.75 Å². The van der Waals surface area contributed by atoms with E-state index in [1.165, 1.54) is 22.5 Å². The zero-order chi connectivity index (χ0) is 21.5. The largest absolute Gasteiger partial charge is 0.497 e. The Bertz CT molecular complexity index is 1060. The van der Waals surface area contributed by atoms with E-state index in [0.29, 0.717) is 44.6 Å². The molecule has 2 saturated heterocycles. The van der Waals surface area contributed by atoms with Gasteiger partial charge in [-0.1, -0.05) is 12.1 Å². The predicted octanol–water partition coefficient (Wildman–Crippen LogP) is 2.96. The fourth-order valence-electron chi connectivity index (χ4n) is 4.28. The first kappa shape index (κ1) is 20.8. The van der Waals surface area contributed by atoms with Crippen molar-refractivity contribution in [2.75, 3.05) is 26.7 Å². The third-order valence-corrected chi connectivity index (χ3v) is 8.11. The number of hydrogen-bond acceptors (Lipinski definition) is 4. The number of β-lactam (4-membered cyclic amide) rings is 1. The van der Waals surface area contributed by atoms with Crippen LogP contribution in [0.25, 0.3) is 0 Å². The van der Waals surface area contributed by atoms with Crippen molar-refractivity contribution in [3.05, 3.63) is 59.4 Å². The molecule has 0 bridgehead atoms. The van der Waals surface area contributed by atoms with Gasteiger partial charge in [0, 0.05) is 26.2 Å². The van der Waals surface area contributed by atoms with Crippen LogP contribution < -0.4 is 4.74 Å². The summed E-state index contributed by atoms with van der Waals surface area (Å²) in [5, 5.41) is 0. The second-order valence-corrected chi connectivity index (χ2v) is 10.0. The van der Waals surface area contributed by atoms with Crippen LogP contribution >= 0.6 is 0 Å². The van der Waals surface area contributed by atoms with Crippen molar-refractivity contribution in [2.45, 2.75) is 31.2 Å². The Balaban J connectivity index is 1.38. The average molecular weight is 433 g/mol. The molecule has 8 heteroatoms. The molecule has 4 rings (SSSR count). The lowest BCUT2D eigenvalue weighted by Gasteiger charge is -2.52. The number of sulfonamides is 1. The number of carbonyl (C=O) groups is 1. The maximum absolute atomic E-state index is 13.5. The monoisotopic (exact) mass is 432 g/mol. The first-order valence-electron chi connectivity index (χ1n) is 9.94. The topological polar surface area (TPSA) is 66.9 Å². The van der Waals surface area contributed by atoms with Crippen molar-refractivity contribution in [2.24, 2.45) is 5.41 Å². The molecule has 0 atom stereocenters. The summed E-state index contributed by atoms with van der Waals surface area (Å²) in [5.41, 5.74) is 0.871. The maximum atomic E-state index is 13.5. The smallest absolute Gasteiger partial charge is 0.243 e. The SMILES string of the molecule is COc1ccc(CN2CC3(CCN(S(=O)(=O)c4ccc(F)c(C)c4)CC3)C2=O)cc1. The molecular formula is C22H25FN2O4S. The van der Waals surface area contributed by atoms with Crippen molar-refractivity contribution in [3.63, 3.8) is 0 Å². The van der Waals surface area contributed by atoms with Crippen molar-refractivity contribution in [3.8, 4) is 5.75 Å². The Morgan fingerprint density at radius 3 is 2.33 bits per heavy atom. The van der Waals surface area contributed by atoms with Gasteiger partial charge in [-0.15, -0.1) is 0 Å². The molecule has 2 aromatic carbocycles. The standard InChI is InChI=1S/C22H25FN2O4S/c1-16-13-19(7-8-20(16)23)30(27,28)25-11-9-22(10-12-25)15-24(21(22)26)14-17-3-5-18(29-2)6-4-17/h3-8,13H,9-12,14-15H2,1-2H3. The number of piperidine rings is 1. The van der Waals surface area contributed by atoms with E-state index in [4.69, 9.17) is 4.74 Å². The second-order valence-electron chi connectivity index (χ2n) is 8.10. The van der Waals surface area contributed by atoms with Gasteiger partial charge in [0.05, 0.1) is 17.4 Å². The summed E-state index contributed by atoms with van der Waals surface area (Å²) in [6.45, 7) is 3.31. The van der Waals surface area contributed by atoms with E-state index in [0.717, 1.165) is 11.3 Å². The minimum absolute atomic E-state index is 0.0907. The molecule has 0 N–H and O–H groups in total. The predicted molar refractivity (Wildman–Crippen MR) is 110 cm³/mol. The first-order chi connectivity index (χ1) is 14.2. The third-order valence-electron chi connectivity index (χ3n) is 6.21. The Labute approximate surface area is 176 Å². The molecule has 0 radical (unpaired) electrons. The number of rotatable bonds is 5. The lowest BCUT2D eigenvalue weighted by atomic mass is 9.71. The van der Waals surface area contributed by atoms with E-state index < -0.39 is 21.3 Å². The molecule has 0 saturated carbocycles. The normalized spacial score (nSPS) is 19.0. The summed E-state index contributed by atoms with van der Waals surface area (Å²) >= 11 is 0. The highest BCUT2D eigenvalue weighted by molar-refractivity contribution is 7.89. The molecule has 0 aliphatic carbocycles. The zero-order valence-corrected chi connectivity index (χ0v) is 17.9. The highest BCUT2D eigenvalue weighted by Gasteiger charge is 2.53. The molecule has 160 valence electrons. The van der Waals surface area contributed by atoms with Crippen LogP contribution in [-0.2, 0) is 21.4 Å². The molecule has 6 nitrogen and oxygen atoms in total. The fraction of sp³-hybridized carbons (Fsp3) is 0.409. The number of carbonyl (C=O) groups excluding carboxylic acids is 1. The summed E-state index contributed by atoms with van der Waals surface area (Å²) in [6, 6.07) is 11.5. The van der Waals surface area contributed by atoms with E-state index in [-0.39, 0.29) is 10.8 Å². The Kier molecular flexibility index (Phi) is 5.32. The molecular weight excluding hydrogens is 407 g/mol. The van der Waals surface area contributed by atoms with Crippen LogP contribution in [0.15, 0.2) is 47.4 Å². The van der Waals surface area contributed by atoms with Crippen molar-refractivity contribution < 1.29 is 22.3 Å². The molecule has 30 heavy (non-hydrogen) atoms. The zero-order valence-electron chi connectivity index (χ0n) is 17.1. The van der Waals surface area contributed by atoms with Gasteiger partial charge in [-0.2, -0.15) is 4.31 Å². The van der Waals surface area contributed by atoms with E-state index in [1.54, 1.807) is 14.0 Å². The number of aryl methyl sites for hydroxylation is 1. The maximum Gasteiger partial charge on any atom is 0.243 e. The van der Waals surface area contributed by atoms with Crippen molar-refractivity contribution >= 4 is 15.9 Å². The molecule has 2 aliphatic rings. The number of methoxy groups -OCH3 is 1. The van der Waals surface area contributed by atoms with Gasteiger partial charge >= 0.3 is 0 Å². The Morgan fingerprint density at radius 1 is 1.10 bits per heavy atom. The quantitative estimate of drug-likeness (QED) is 0.682. The summed E-state index contributed by atoms with van der Waals surface area (Å²) < 4.78 is 45.9. The van der Waals surface area contributed by atoms with Gasteiger partial charge in [0.25, 0.3) is 0 Å². The van der Waals surface area contributed by atoms with Crippen molar-refractivity contribution in [1.29, 1.82) is 0 Å². The molecule has 2 heterocycles. The number of nitrogens with zero attached hydrogens (tertiary/aromatic N) is 2. The van der Waals surface area contributed by atoms with Crippen LogP contribution in [-0.4, -0.2) is 50.3 Å². The van der Waals surface area contributed by atoms with Crippen LogP contribution in [0.3, 0.4) is 0 Å². The van der Waals surface area contributed by atoms with E-state index >= 15 is 0 Å². The van der Waals surface area contributed by atoms with E-state index in [2.05, 4.69) is 0 Å². The molecule has 2 aromatic rings. The highest BCUT2D eigenvalue weighted by Crippen LogP contribution is 2.43. The molecule has 2 fully saturated rings. The minimum Gasteiger partial charge on any atom is -0.497 e. The Hall–Kier alpha value is -2.45. The first-order valence-corrected chi connectivity index (χ1v) is 11.4. The molecule has 2 aliphatic heterocycles. The minimum atomic E-state index is -3.69. The van der Waals surface area contributed by atoms with Gasteiger partial charge in [0.1, 0.15) is 11.6 Å². The lowest BCUT2D eigenvalue weighted by Crippen LogP contribution is -2.64. The van der Waals surface area contributed by atoms with Crippen LogP contribution in [0.4, 0.5) is 4.39 Å². The average Bonchev–Trinajstić information content (AvgIpc) is 2.76. The van der Waals surface area contributed by atoms with Gasteiger partial charge in [0.15, 0.2) is 0 Å². The van der Waals surface area contributed by atoms with Gasteiger partial charge in [0.2, 0.25) is 15.9 Å². The van der Waals surface area contributed by atoms with Crippen LogP contribution in [0.2, 0.25) is 0 Å². The summed E-state index contributed by atoms with van der Waals surface area (Å²) in [5.74, 6) is 0.437. The molecule has 1 amide bonds. The third kappa shape index (κ3) is 3.58. The summed E-state index contributed by atoms with van der Waals surface area (Å²) in [4.78, 5) is 14.8. The fourth-order valence-corrected chi connectivity index (χ4v) is 5.81. The van der Waals surface area contributed by atoms with E-state index in [9.17, 15) is 17.6 Å². The van der Waals surface area contributed by atoms with E-state index in [1.807, 2.05) is 29.2 Å². The van der Waals surface area contributed by atoms with Gasteiger partial charge in [-0.25, -0.2) is 12.8 Å². The highest BCUT2D eigenvalue weighted by atomic mass is 32.2. The summed E-state index contributed by atoms with van der Waals surface area (Å²) in [6.07, 6.45) is 1.01. The second kappa shape index (κ2) is 7.67. The van der Waals surface area contributed by atoms with Crippen molar-refractivity contribution in [1.82, 2.24) is 9.21 Å². The number of hydrogen-bond donors (Lipinski definition) is 0. The number of halogens is 1. The number of ether oxygens (including phenoxy) is 1. The lowest BCUT2D eigenvalue weighted by molar-refractivity contribution is -0.165. The van der Waals surface area contributed by atoms with Gasteiger partial charge < -0.3 is 9.64 Å².